The molecule has 3 heterocycles. The fraction of sp³-hybridized carbons (Fsp3) is 0.414. The van der Waals surface area contributed by atoms with Gasteiger partial charge in [0.05, 0.1) is 11.0 Å². The maximum absolute atomic E-state index is 13.2. The summed E-state index contributed by atoms with van der Waals surface area (Å²) in [6.45, 7) is 9.02. The second kappa shape index (κ2) is 10.0. The largest absolute Gasteiger partial charge is 0.339 e. The van der Waals surface area contributed by atoms with Crippen molar-refractivity contribution in [3.05, 3.63) is 64.7 Å². The van der Waals surface area contributed by atoms with Crippen molar-refractivity contribution in [2.45, 2.75) is 52.9 Å². The number of carbonyl (C=O) groups is 1. The molecule has 1 aliphatic rings. The topological polar surface area (TPSA) is 68.3 Å². The van der Waals surface area contributed by atoms with E-state index in [1.54, 1.807) is 4.68 Å². The van der Waals surface area contributed by atoms with Crippen molar-refractivity contribution in [3.8, 4) is 22.4 Å². The predicted octanol–water partition coefficient (Wildman–Crippen LogP) is 3.84. The van der Waals surface area contributed by atoms with Gasteiger partial charge in [0.2, 0.25) is 5.91 Å². The molecule has 4 aromatic rings. The monoisotopic (exact) mass is 500 g/mol. The number of likely N-dealkylation sites (N-methyl/N-ethyl adjacent to an activating group) is 1. The lowest BCUT2D eigenvalue weighted by Gasteiger charge is -2.20. The third-order valence-corrected chi connectivity index (χ3v) is 7.56. The lowest BCUT2D eigenvalue weighted by Crippen LogP contribution is -2.36. The van der Waals surface area contributed by atoms with Crippen LogP contribution in [-0.4, -0.2) is 67.8 Å². The first-order chi connectivity index (χ1) is 17.8. The van der Waals surface area contributed by atoms with Gasteiger partial charge in [-0.2, -0.15) is 5.10 Å². The quantitative estimate of drug-likeness (QED) is 0.387. The smallest absolute Gasteiger partial charge is 0.329 e. The molecule has 1 aliphatic heterocycles. The third-order valence-electron chi connectivity index (χ3n) is 7.56. The molecule has 1 fully saturated rings. The molecular weight excluding hydrogens is 464 g/mol. The summed E-state index contributed by atoms with van der Waals surface area (Å²) >= 11 is 0. The molecule has 1 amide bonds. The summed E-state index contributed by atoms with van der Waals surface area (Å²) in [5.74, 6) is 0.0875. The fourth-order valence-electron chi connectivity index (χ4n) is 5.45. The summed E-state index contributed by atoms with van der Waals surface area (Å²) in [7, 11) is 4.13. The first-order valence-electron chi connectivity index (χ1n) is 13.1. The van der Waals surface area contributed by atoms with Gasteiger partial charge in [-0.3, -0.25) is 18.6 Å². The molecule has 8 nitrogen and oxygen atoms in total. The van der Waals surface area contributed by atoms with E-state index >= 15 is 0 Å². The number of rotatable bonds is 7. The van der Waals surface area contributed by atoms with Crippen molar-refractivity contribution in [1.29, 1.82) is 0 Å². The number of nitrogens with zero attached hydrogens (tertiary/aromatic N) is 6. The molecule has 37 heavy (non-hydrogen) atoms. The Kier molecular flexibility index (Phi) is 6.77. The minimum Gasteiger partial charge on any atom is -0.339 e. The maximum atomic E-state index is 13.2. The van der Waals surface area contributed by atoms with Gasteiger partial charge in [-0.15, -0.1) is 0 Å². The van der Waals surface area contributed by atoms with E-state index in [2.05, 4.69) is 56.3 Å². The van der Waals surface area contributed by atoms with Crippen LogP contribution < -0.4 is 5.69 Å². The molecule has 2 aromatic heterocycles. The summed E-state index contributed by atoms with van der Waals surface area (Å²) in [5.41, 5.74) is 6.78. The van der Waals surface area contributed by atoms with Crippen LogP contribution in [0.2, 0.25) is 0 Å². The number of aromatic nitrogens is 4. The Balaban J connectivity index is 1.56. The summed E-state index contributed by atoms with van der Waals surface area (Å²) in [6, 6.07) is 14.8. The molecule has 0 aliphatic carbocycles. The number of hydrogen-bond acceptors (Lipinski definition) is 4. The Morgan fingerprint density at radius 1 is 1.03 bits per heavy atom. The van der Waals surface area contributed by atoms with Crippen LogP contribution in [-0.2, 0) is 24.4 Å². The maximum Gasteiger partial charge on any atom is 0.329 e. The minimum atomic E-state index is 0.0130. The lowest BCUT2D eigenvalue weighted by atomic mass is 10.0. The molecule has 1 unspecified atom stereocenters. The van der Waals surface area contributed by atoms with E-state index in [-0.39, 0.29) is 18.1 Å². The van der Waals surface area contributed by atoms with Crippen molar-refractivity contribution < 1.29 is 4.79 Å². The number of fused-ring (bicyclic) bond motifs is 1. The second-order valence-electron chi connectivity index (χ2n) is 10.2. The van der Waals surface area contributed by atoms with Gasteiger partial charge in [0.15, 0.2) is 0 Å². The zero-order chi connectivity index (χ0) is 26.3. The van der Waals surface area contributed by atoms with Crippen molar-refractivity contribution in [2.75, 3.05) is 27.2 Å². The highest BCUT2D eigenvalue weighted by molar-refractivity contribution is 5.88. The first kappa shape index (κ1) is 25.0. The highest BCUT2D eigenvalue weighted by atomic mass is 16.2. The molecule has 2 aromatic carbocycles. The summed E-state index contributed by atoms with van der Waals surface area (Å²) in [6.07, 6.45) is 2.97. The molecule has 1 saturated heterocycles. The summed E-state index contributed by atoms with van der Waals surface area (Å²) in [5, 5.41) is 4.91. The zero-order valence-electron chi connectivity index (χ0n) is 22.4. The third kappa shape index (κ3) is 4.62. The Hall–Kier alpha value is -3.65. The van der Waals surface area contributed by atoms with Gasteiger partial charge in [-0.25, -0.2) is 4.79 Å². The van der Waals surface area contributed by atoms with Crippen LogP contribution in [0.25, 0.3) is 33.4 Å². The number of likely N-dealkylation sites (tertiary alicyclic amines) is 1. The van der Waals surface area contributed by atoms with Crippen LogP contribution >= 0.6 is 0 Å². The van der Waals surface area contributed by atoms with Crippen LogP contribution in [0.4, 0.5) is 0 Å². The molecule has 1 atom stereocenters. The van der Waals surface area contributed by atoms with Gasteiger partial charge >= 0.3 is 5.69 Å². The van der Waals surface area contributed by atoms with Gasteiger partial charge < -0.3 is 9.80 Å². The highest BCUT2D eigenvalue weighted by Crippen LogP contribution is 2.33. The number of hydrogen-bond donors (Lipinski definition) is 0. The van der Waals surface area contributed by atoms with Crippen LogP contribution in [0.15, 0.2) is 53.5 Å². The van der Waals surface area contributed by atoms with Gasteiger partial charge in [0.25, 0.3) is 0 Å². The molecule has 0 saturated carbocycles. The molecule has 5 rings (SSSR count). The van der Waals surface area contributed by atoms with E-state index in [4.69, 9.17) is 5.10 Å². The van der Waals surface area contributed by atoms with E-state index in [0.717, 1.165) is 58.5 Å². The van der Waals surface area contributed by atoms with Crippen LogP contribution in [0.1, 0.15) is 25.8 Å². The standard InChI is InChI=1S/C29H36N6O2/c1-6-34-25-12-11-21(16-26(25)35(7-2)29(34)37)24-18-33(30-28(24)22-10-8-9-20(3)15-22)19-27(36)32-14-13-23(17-32)31(4)5/h8-12,15-16,18,23H,6-7,13-14,17,19H2,1-5H3. The Labute approximate surface area is 217 Å². The van der Waals surface area contributed by atoms with Gasteiger partial charge in [0, 0.05) is 49.5 Å². The van der Waals surface area contributed by atoms with Crippen molar-refractivity contribution in [3.63, 3.8) is 0 Å². The van der Waals surface area contributed by atoms with E-state index in [0.29, 0.717) is 19.1 Å². The molecule has 0 radical (unpaired) electrons. The first-order valence-corrected chi connectivity index (χ1v) is 13.1. The molecule has 194 valence electrons. The van der Waals surface area contributed by atoms with Crippen LogP contribution in [0.5, 0.6) is 0 Å². The SMILES string of the molecule is CCn1c(=O)n(CC)c2cc(-c3cn(CC(=O)N4CCC(N(C)C)C4)nc3-c3cccc(C)c3)ccc21. The van der Waals surface area contributed by atoms with E-state index in [1.165, 1.54) is 0 Å². The number of benzene rings is 2. The minimum absolute atomic E-state index is 0.0130. The number of aryl methyl sites for hydroxylation is 3. The average Bonchev–Trinajstić information content (AvgIpc) is 3.59. The van der Waals surface area contributed by atoms with Gasteiger partial charge in [0.1, 0.15) is 12.2 Å². The van der Waals surface area contributed by atoms with Crippen molar-refractivity contribution in [2.24, 2.45) is 0 Å². The summed E-state index contributed by atoms with van der Waals surface area (Å²) < 4.78 is 5.40. The normalized spacial score (nSPS) is 15.8. The second-order valence-corrected chi connectivity index (χ2v) is 10.2. The number of imidazole rings is 1. The van der Waals surface area contributed by atoms with Crippen molar-refractivity contribution in [1.82, 2.24) is 28.7 Å². The molecule has 8 heteroatoms. The molecular formula is C29H36N6O2. The van der Waals surface area contributed by atoms with E-state index < -0.39 is 0 Å². The Morgan fingerprint density at radius 2 is 1.78 bits per heavy atom. The van der Waals surface area contributed by atoms with Gasteiger partial charge in [-0.1, -0.05) is 29.8 Å². The number of carbonyl (C=O) groups excluding carboxylic acids is 1. The van der Waals surface area contributed by atoms with Gasteiger partial charge in [-0.05, 0) is 65.0 Å². The van der Waals surface area contributed by atoms with Crippen LogP contribution in [0.3, 0.4) is 0 Å². The lowest BCUT2D eigenvalue weighted by molar-refractivity contribution is -0.131. The average molecular weight is 501 g/mol. The molecule has 0 N–H and O–H groups in total. The van der Waals surface area contributed by atoms with Crippen molar-refractivity contribution >= 4 is 16.9 Å². The fourth-order valence-corrected chi connectivity index (χ4v) is 5.45. The van der Waals surface area contributed by atoms with Crippen LogP contribution in [0, 0.1) is 6.92 Å². The highest BCUT2D eigenvalue weighted by Gasteiger charge is 2.28. The number of amides is 1. The van der Waals surface area contributed by atoms with E-state index in [1.807, 2.05) is 46.2 Å². The summed E-state index contributed by atoms with van der Waals surface area (Å²) in [4.78, 5) is 30.2. The zero-order valence-corrected chi connectivity index (χ0v) is 22.4. The Bertz CT molecular complexity index is 1510. The molecule has 0 bridgehead atoms. The molecule has 0 spiro atoms. The predicted molar refractivity (Wildman–Crippen MR) is 148 cm³/mol. The van der Waals surface area contributed by atoms with E-state index in [9.17, 15) is 9.59 Å². The Morgan fingerprint density at radius 3 is 2.46 bits per heavy atom.